The van der Waals surface area contributed by atoms with Crippen LogP contribution in [0.4, 0.5) is 10.7 Å². The van der Waals surface area contributed by atoms with Crippen LogP contribution in [0.15, 0.2) is 59.9 Å². The average molecular weight is 788 g/mol. The van der Waals surface area contributed by atoms with E-state index >= 15 is 0 Å². The third kappa shape index (κ3) is 7.15. The molecule has 14 heteroatoms. The van der Waals surface area contributed by atoms with E-state index in [0.29, 0.717) is 29.5 Å². The summed E-state index contributed by atoms with van der Waals surface area (Å²) in [6, 6.07) is 12.5. The van der Waals surface area contributed by atoms with E-state index < -0.39 is 18.0 Å². The van der Waals surface area contributed by atoms with Gasteiger partial charge in [0, 0.05) is 64.7 Å². The molecular weight excluding hydrogens is 746 g/mol. The van der Waals surface area contributed by atoms with Gasteiger partial charge in [-0.15, -0.1) is 11.3 Å². The number of fused-ring (bicyclic) bond motifs is 2. The number of aliphatic imine (C=N–C) groups is 1. The van der Waals surface area contributed by atoms with Gasteiger partial charge in [0.05, 0.1) is 22.3 Å². The van der Waals surface area contributed by atoms with Crippen LogP contribution in [0.25, 0.3) is 0 Å². The molecule has 0 bridgehead atoms. The SMILES string of the molecule is CC(=N)N1C(=N)[C@H](C)N=C(c2ccc(Cl)cc2)c2c1sc(C#Cc1cnn(CC3CCC(Nc4cccc5c4CN(C4CCC(=O)NC4=O)C5=O)CC3)c1)c2C. The molecule has 286 valence electrons. The molecule has 4 N–H and O–H groups in total. The standard InChI is InChI=1S/C42H42ClN9O3S/c1-23-35(56-42-37(23)38(28-10-12-29(43)13-11-28)47-24(2)39(45)52(42)25(3)44)17-9-27-19-46-50(21-27)20-26-7-14-30(15-8-26)48-33-6-4-5-31-32(33)22-51(41(31)55)34-16-18-36(53)49-40(34)54/h4-6,10-13,19,21,24,26,30,34,44-45,48H,7-8,14-16,18,20,22H2,1-3H3,(H,49,53,54)/t24-,26?,30?,34?/m0/s1. The van der Waals surface area contributed by atoms with Crippen LogP contribution in [0.5, 0.6) is 0 Å². The Hall–Kier alpha value is -5.58. The molecule has 3 aliphatic heterocycles. The van der Waals surface area contributed by atoms with Gasteiger partial charge in [-0.25, -0.2) is 0 Å². The van der Waals surface area contributed by atoms with Gasteiger partial charge in [-0.2, -0.15) is 5.10 Å². The highest BCUT2D eigenvalue weighted by atomic mass is 35.5. The summed E-state index contributed by atoms with van der Waals surface area (Å²) in [5.74, 6) is 6.79. The van der Waals surface area contributed by atoms with Crippen LogP contribution in [0.1, 0.15) is 95.4 Å². The fourth-order valence-electron chi connectivity index (χ4n) is 8.18. The van der Waals surface area contributed by atoms with Crippen LogP contribution in [0, 0.1) is 35.5 Å². The molecule has 0 spiro atoms. The number of carbonyl (C=O) groups excluding carboxylic acids is 3. The van der Waals surface area contributed by atoms with Crippen molar-refractivity contribution in [3.05, 3.63) is 98.1 Å². The molecule has 1 aliphatic carbocycles. The quantitative estimate of drug-likeness (QED) is 0.0732. The highest BCUT2D eigenvalue weighted by Crippen LogP contribution is 2.40. The lowest BCUT2D eigenvalue weighted by Gasteiger charge is -2.31. The number of thiophene rings is 1. The Kier molecular flexibility index (Phi) is 10.1. The van der Waals surface area contributed by atoms with Crippen LogP contribution >= 0.6 is 22.9 Å². The first-order valence-corrected chi connectivity index (χ1v) is 20.1. The fourth-order valence-corrected chi connectivity index (χ4v) is 9.54. The van der Waals surface area contributed by atoms with E-state index in [2.05, 4.69) is 27.6 Å². The van der Waals surface area contributed by atoms with Gasteiger partial charge in [-0.3, -0.25) is 45.1 Å². The topological polar surface area (TPSA) is 160 Å². The number of amides is 3. The van der Waals surface area contributed by atoms with Crippen LogP contribution in [0.2, 0.25) is 5.02 Å². The van der Waals surface area contributed by atoms with Crippen molar-refractivity contribution in [3.8, 4) is 11.8 Å². The summed E-state index contributed by atoms with van der Waals surface area (Å²) in [7, 11) is 0. The number of halogens is 1. The van der Waals surface area contributed by atoms with Gasteiger partial charge in [-0.05, 0) is 88.6 Å². The van der Waals surface area contributed by atoms with Crippen molar-refractivity contribution in [2.75, 3.05) is 10.2 Å². The maximum atomic E-state index is 13.3. The average Bonchev–Trinajstić information content (AvgIpc) is 3.84. The Balaban J connectivity index is 0.922. The van der Waals surface area contributed by atoms with Gasteiger partial charge < -0.3 is 10.2 Å². The number of nitrogens with one attached hydrogen (secondary N) is 4. The highest BCUT2D eigenvalue weighted by Gasteiger charge is 2.40. The number of piperidine rings is 1. The lowest BCUT2D eigenvalue weighted by molar-refractivity contribution is -0.136. The number of hydrogen-bond donors (Lipinski definition) is 4. The molecule has 2 aromatic heterocycles. The van der Waals surface area contributed by atoms with Crippen molar-refractivity contribution >= 4 is 68.7 Å². The molecule has 56 heavy (non-hydrogen) atoms. The molecule has 3 amide bonds. The van der Waals surface area contributed by atoms with Crippen molar-refractivity contribution in [2.24, 2.45) is 10.9 Å². The highest BCUT2D eigenvalue weighted by molar-refractivity contribution is 7.17. The Morgan fingerprint density at radius 2 is 1.84 bits per heavy atom. The number of nitrogens with zero attached hydrogens (tertiary/aromatic N) is 5. The normalized spacial score (nSPS) is 22.1. The second kappa shape index (κ2) is 15.2. The zero-order valence-electron chi connectivity index (χ0n) is 31.4. The Morgan fingerprint density at radius 1 is 1.07 bits per heavy atom. The molecule has 12 nitrogen and oxygen atoms in total. The Labute approximate surface area is 334 Å². The smallest absolute Gasteiger partial charge is 0.255 e. The number of anilines is 2. The summed E-state index contributed by atoms with van der Waals surface area (Å²) in [5, 5.41) is 29.6. The number of amidine groups is 2. The van der Waals surface area contributed by atoms with E-state index in [1.54, 1.807) is 22.9 Å². The van der Waals surface area contributed by atoms with Gasteiger partial charge in [0.2, 0.25) is 11.8 Å². The van der Waals surface area contributed by atoms with Crippen molar-refractivity contribution in [1.82, 2.24) is 20.0 Å². The molecule has 0 radical (unpaired) electrons. The molecule has 2 fully saturated rings. The van der Waals surface area contributed by atoms with Gasteiger partial charge in [0.15, 0.2) is 0 Å². The minimum atomic E-state index is -0.632. The van der Waals surface area contributed by atoms with Gasteiger partial charge in [0.25, 0.3) is 5.91 Å². The summed E-state index contributed by atoms with van der Waals surface area (Å²) in [6.07, 6.45) is 8.41. The second-order valence-corrected chi connectivity index (χ2v) is 16.4. The predicted octanol–water partition coefficient (Wildman–Crippen LogP) is 6.76. The van der Waals surface area contributed by atoms with Gasteiger partial charge >= 0.3 is 0 Å². The monoisotopic (exact) mass is 787 g/mol. The number of rotatable bonds is 6. The summed E-state index contributed by atoms with van der Waals surface area (Å²) in [4.78, 5) is 46.6. The molecule has 2 atom stereocenters. The van der Waals surface area contributed by atoms with Gasteiger partial charge in [0.1, 0.15) is 28.8 Å². The van der Waals surface area contributed by atoms with Crippen LogP contribution in [-0.4, -0.2) is 67.9 Å². The van der Waals surface area contributed by atoms with Crippen molar-refractivity contribution in [3.63, 3.8) is 0 Å². The summed E-state index contributed by atoms with van der Waals surface area (Å²) < 4.78 is 1.98. The van der Waals surface area contributed by atoms with E-state index in [1.165, 1.54) is 11.3 Å². The number of imide groups is 1. The molecule has 4 aliphatic rings. The lowest BCUT2D eigenvalue weighted by Crippen LogP contribution is -2.52. The fraction of sp³-hybridized carbons (Fsp3) is 0.357. The third-order valence-electron chi connectivity index (χ3n) is 11.2. The van der Waals surface area contributed by atoms with E-state index in [1.807, 2.05) is 67.2 Å². The Morgan fingerprint density at radius 3 is 2.57 bits per heavy atom. The molecule has 2 aromatic carbocycles. The number of hydrogen-bond acceptors (Lipinski definition) is 9. The third-order valence-corrected chi connectivity index (χ3v) is 12.6. The number of carbonyl (C=O) groups is 3. The first kappa shape index (κ1) is 37.3. The number of benzene rings is 2. The van der Waals surface area contributed by atoms with Crippen LogP contribution < -0.4 is 15.5 Å². The molecule has 1 saturated carbocycles. The molecular formula is C42H42ClN9O3S. The lowest BCUT2D eigenvalue weighted by atomic mass is 9.85. The van der Waals surface area contributed by atoms with Crippen LogP contribution in [0.3, 0.4) is 0 Å². The zero-order chi connectivity index (χ0) is 39.2. The summed E-state index contributed by atoms with van der Waals surface area (Å²) in [5.41, 5.74) is 6.76. The molecule has 5 heterocycles. The largest absolute Gasteiger partial charge is 0.382 e. The van der Waals surface area contributed by atoms with E-state index in [0.717, 1.165) is 81.3 Å². The Bertz CT molecular complexity index is 2380. The summed E-state index contributed by atoms with van der Waals surface area (Å²) >= 11 is 7.68. The molecule has 4 aromatic rings. The van der Waals surface area contributed by atoms with Gasteiger partial charge in [-0.1, -0.05) is 41.6 Å². The van der Waals surface area contributed by atoms with E-state index in [9.17, 15) is 14.4 Å². The van der Waals surface area contributed by atoms with E-state index in [4.69, 9.17) is 27.4 Å². The minimum absolute atomic E-state index is 0.163. The van der Waals surface area contributed by atoms with Crippen LogP contribution in [-0.2, 0) is 22.7 Å². The predicted molar refractivity (Wildman–Crippen MR) is 219 cm³/mol. The van der Waals surface area contributed by atoms with Crippen molar-refractivity contribution < 1.29 is 14.4 Å². The zero-order valence-corrected chi connectivity index (χ0v) is 33.0. The minimum Gasteiger partial charge on any atom is -0.382 e. The van der Waals surface area contributed by atoms with Crippen molar-refractivity contribution in [2.45, 2.75) is 90.5 Å². The molecule has 1 unspecified atom stereocenters. The number of aromatic nitrogens is 2. The maximum Gasteiger partial charge on any atom is 0.255 e. The molecule has 1 saturated heterocycles. The first-order chi connectivity index (χ1) is 26.9. The summed E-state index contributed by atoms with van der Waals surface area (Å²) in [6.45, 7) is 6.74. The second-order valence-electron chi connectivity index (χ2n) is 15.0. The first-order valence-electron chi connectivity index (χ1n) is 18.9. The maximum absolute atomic E-state index is 13.3. The molecule has 8 rings (SSSR count). The van der Waals surface area contributed by atoms with E-state index in [-0.39, 0.29) is 35.9 Å². The van der Waals surface area contributed by atoms with Crippen molar-refractivity contribution in [1.29, 1.82) is 10.8 Å².